The Bertz CT molecular complexity index is 233. The molecule has 0 spiro atoms. The number of amides is 1. The molecule has 0 bridgehead atoms. The summed E-state index contributed by atoms with van der Waals surface area (Å²) in [7, 11) is 0. The van der Waals surface area contributed by atoms with Crippen LogP contribution in [-0.2, 0) is 18.9 Å². The summed E-state index contributed by atoms with van der Waals surface area (Å²) in [6, 6.07) is 0. The number of alkyl carbamates (subject to hydrolysis) is 1. The third kappa shape index (κ3) is 15.6. The van der Waals surface area contributed by atoms with Crippen molar-refractivity contribution in [2.24, 2.45) is 0 Å². The topological polar surface area (TPSA) is 66.0 Å². The quantitative estimate of drug-likeness (QED) is 0.485. The van der Waals surface area contributed by atoms with Crippen LogP contribution in [0.1, 0.15) is 20.8 Å². The van der Waals surface area contributed by atoms with Crippen LogP contribution in [0.25, 0.3) is 0 Å². The maximum Gasteiger partial charge on any atom is 0.407 e. The first kappa shape index (κ1) is 18.6. The van der Waals surface area contributed by atoms with Crippen molar-refractivity contribution in [1.29, 1.82) is 0 Å². The molecule has 7 heteroatoms. The predicted octanol–water partition coefficient (Wildman–Crippen LogP) is 1.91. The third-order valence-electron chi connectivity index (χ3n) is 1.74. The molecule has 0 unspecified atom stereocenters. The van der Waals surface area contributed by atoms with Gasteiger partial charge in [-0.25, -0.2) is 4.79 Å². The van der Waals surface area contributed by atoms with Crippen molar-refractivity contribution in [1.82, 2.24) is 5.32 Å². The van der Waals surface area contributed by atoms with Crippen molar-refractivity contribution in [3.8, 4) is 0 Å². The highest BCUT2D eigenvalue weighted by molar-refractivity contribution is 9.09. The van der Waals surface area contributed by atoms with Gasteiger partial charge in [-0.2, -0.15) is 0 Å². The standard InChI is InChI=1S/C12H24BrNO5/c1-12(2,3)19-11(15)14-4-5-16-6-7-17-8-9-18-10-13/h4-10H2,1-3H3,(H,14,15). The lowest BCUT2D eigenvalue weighted by molar-refractivity contribution is 0.0219. The normalized spacial score (nSPS) is 11.4. The largest absolute Gasteiger partial charge is 0.444 e. The Balaban J connectivity index is 3.21. The summed E-state index contributed by atoms with van der Waals surface area (Å²) in [4.78, 5) is 11.3. The Morgan fingerprint density at radius 3 is 2.05 bits per heavy atom. The van der Waals surface area contributed by atoms with E-state index in [1.54, 1.807) is 0 Å². The number of hydrogen-bond acceptors (Lipinski definition) is 5. The van der Waals surface area contributed by atoms with E-state index >= 15 is 0 Å². The van der Waals surface area contributed by atoms with Crippen LogP contribution in [0, 0.1) is 0 Å². The molecule has 0 aromatic carbocycles. The third-order valence-corrected chi connectivity index (χ3v) is 2.06. The van der Waals surface area contributed by atoms with Gasteiger partial charge in [0, 0.05) is 6.54 Å². The number of nitrogens with one attached hydrogen (secondary N) is 1. The van der Waals surface area contributed by atoms with Gasteiger partial charge in [0.2, 0.25) is 0 Å². The van der Waals surface area contributed by atoms with Crippen LogP contribution in [0.4, 0.5) is 4.79 Å². The Labute approximate surface area is 123 Å². The van der Waals surface area contributed by atoms with Crippen LogP contribution >= 0.6 is 15.9 Å². The second-order valence-electron chi connectivity index (χ2n) is 4.67. The second kappa shape index (κ2) is 11.5. The SMILES string of the molecule is CC(C)(C)OC(=O)NCCOCCOCCOCBr. The van der Waals surface area contributed by atoms with E-state index < -0.39 is 11.7 Å². The fourth-order valence-electron chi connectivity index (χ4n) is 1.03. The van der Waals surface area contributed by atoms with Crippen LogP contribution in [-0.4, -0.2) is 56.8 Å². The number of alkyl halides is 1. The molecule has 0 fully saturated rings. The van der Waals surface area contributed by atoms with Crippen molar-refractivity contribution in [2.45, 2.75) is 26.4 Å². The summed E-state index contributed by atoms with van der Waals surface area (Å²) in [5.74, 6) is 0. The summed E-state index contributed by atoms with van der Waals surface area (Å²) in [6.07, 6.45) is -0.431. The molecular formula is C12H24BrNO5. The highest BCUT2D eigenvalue weighted by Gasteiger charge is 2.15. The number of ether oxygens (including phenoxy) is 4. The van der Waals surface area contributed by atoms with Gasteiger partial charge < -0.3 is 24.3 Å². The van der Waals surface area contributed by atoms with E-state index in [0.717, 1.165) is 0 Å². The summed E-state index contributed by atoms with van der Waals surface area (Å²) in [5.41, 5.74) is 0.0408. The van der Waals surface area contributed by atoms with E-state index in [4.69, 9.17) is 18.9 Å². The van der Waals surface area contributed by atoms with Crippen molar-refractivity contribution < 1.29 is 23.7 Å². The summed E-state index contributed by atoms with van der Waals surface area (Å²) >= 11 is 3.14. The van der Waals surface area contributed by atoms with Crippen LogP contribution in [0.3, 0.4) is 0 Å². The molecule has 6 nitrogen and oxygen atoms in total. The molecule has 114 valence electrons. The smallest absolute Gasteiger partial charge is 0.407 e. The summed E-state index contributed by atoms with van der Waals surface area (Å²) < 4.78 is 20.6. The maximum absolute atomic E-state index is 11.3. The van der Waals surface area contributed by atoms with E-state index in [1.807, 2.05) is 20.8 Å². The molecule has 1 amide bonds. The average Bonchev–Trinajstić information content (AvgIpc) is 2.29. The zero-order chi connectivity index (χ0) is 14.6. The van der Waals surface area contributed by atoms with Gasteiger partial charge in [0.25, 0.3) is 0 Å². The minimum absolute atomic E-state index is 0.418. The number of rotatable bonds is 10. The Morgan fingerprint density at radius 2 is 1.53 bits per heavy atom. The number of carbonyl (C=O) groups is 1. The molecule has 0 saturated heterocycles. The fourth-order valence-corrected chi connectivity index (χ4v) is 1.26. The molecule has 0 heterocycles. The van der Waals surface area contributed by atoms with E-state index in [1.165, 1.54) is 0 Å². The molecule has 0 aromatic rings. The summed E-state index contributed by atoms with van der Waals surface area (Å²) in [6.45, 7) is 8.42. The first-order valence-electron chi connectivity index (χ1n) is 6.22. The predicted molar refractivity (Wildman–Crippen MR) is 75.6 cm³/mol. The fraction of sp³-hybridized carbons (Fsp3) is 0.917. The lowest BCUT2D eigenvalue weighted by Crippen LogP contribution is -2.34. The molecule has 19 heavy (non-hydrogen) atoms. The monoisotopic (exact) mass is 341 g/mol. The van der Waals surface area contributed by atoms with E-state index in [2.05, 4.69) is 21.2 Å². The van der Waals surface area contributed by atoms with E-state index in [9.17, 15) is 4.79 Å². The van der Waals surface area contributed by atoms with Crippen molar-refractivity contribution >= 4 is 22.0 Å². The lowest BCUT2D eigenvalue weighted by atomic mass is 10.2. The first-order valence-corrected chi connectivity index (χ1v) is 7.34. The maximum atomic E-state index is 11.3. The zero-order valence-electron chi connectivity index (χ0n) is 11.9. The molecule has 0 aliphatic heterocycles. The Morgan fingerprint density at radius 1 is 1.00 bits per heavy atom. The van der Waals surface area contributed by atoms with Gasteiger partial charge in [0.15, 0.2) is 0 Å². The van der Waals surface area contributed by atoms with Gasteiger partial charge in [-0.3, -0.25) is 0 Å². The van der Waals surface area contributed by atoms with Crippen molar-refractivity contribution in [3.63, 3.8) is 0 Å². The molecule has 1 N–H and O–H groups in total. The number of halogens is 1. The lowest BCUT2D eigenvalue weighted by Gasteiger charge is -2.19. The summed E-state index contributed by atoms with van der Waals surface area (Å²) in [5, 5.41) is 2.61. The van der Waals surface area contributed by atoms with Crippen molar-refractivity contribution in [3.05, 3.63) is 0 Å². The van der Waals surface area contributed by atoms with Gasteiger partial charge in [-0.1, -0.05) is 15.9 Å². The number of carbonyl (C=O) groups excluding carboxylic acids is 1. The molecule has 0 aliphatic carbocycles. The zero-order valence-corrected chi connectivity index (χ0v) is 13.5. The van der Waals surface area contributed by atoms with Crippen LogP contribution in [0.15, 0.2) is 0 Å². The molecular weight excluding hydrogens is 318 g/mol. The van der Waals surface area contributed by atoms with Crippen LogP contribution in [0.2, 0.25) is 0 Å². The van der Waals surface area contributed by atoms with Gasteiger partial charge in [0.1, 0.15) is 11.1 Å². The molecule has 0 aromatic heterocycles. The highest BCUT2D eigenvalue weighted by Crippen LogP contribution is 2.05. The van der Waals surface area contributed by atoms with Crippen LogP contribution < -0.4 is 5.32 Å². The highest BCUT2D eigenvalue weighted by atomic mass is 79.9. The van der Waals surface area contributed by atoms with Gasteiger partial charge in [0.05, 0.1) is 33.0 Å². The van der Waals surface area contributed by atoms with Gasteiger partial charge in [-0.15, -0.1) is 0 Å². The van der Waals surface area contributed by atoms with E-state index in [0.29, 0.717) is 45.1 Å². The number of hydrogen-bond donors (Lipinski definition) is 1. The van der Waals surface area contributed by atoms with Crippen molar-refractivity contribution in [2.75, 3.05) is 45.1 Å². The average molecular weight is 342 g/mol. The Kier molecular flexibility index (Phi) is 11.2. The second-order valence-corrected chi connectivity index (χ2v) is 5.13. The van der Waals surface area contributed by atoms with Gasteiger partial charge in [-0.05, 0) is 20.8 Å². The Hall–Kier alpha value is -0.370. The molecule has 0 rings (SSSR count). The minimum Gasteiger partial charge on any atom is -0.444 e. The molecule has 0 atom stereocenters. The first-order chi connectivity index (χ1) is 8.95. The molecule has 0 radical (unpaired) electrons. The molecule has 0 aliphatic rings. The molecule has 0 saturated carbocycles. The minimum atomic E-state index is -0.476. The van der Waals surface area contributed by atoms with Crippen LogP contribution in [0.5, 0.6) is 0 Å². The van der Waals surface area contributed by atoms with E-state index in [-0.39, 0.29) is 0 Å². The van der Waals surface area contributed by atoms with Gasteiger partial charge >= 0.3 is 6.09 Å².